The largest absolute Gasteiger partial charge is 0.378 e. The first kappa shape index (κ1) is 14.2. The van der Waals surface area contributed by atoms with E-state index < -0.39 is 0 Å². The number of hydrogen-bond donors (Lipinski definition) is 0. The summed E-state index contributed by atoms with van der Waals surface area (Å²) >= 11 is 1.30. The average Bonchev–Trinajstić information content (AvgIpc) is 2.85. The van der Waals surface area contributed by atoms with E-state index in [1.165, 1.54) is 11.3 Å². The summed E-state index contributed by atoms with van der Waals surface area (Å²) < 4.78 is 6.83. The maximum atomic E-state index is 12.6. The highest BCUT2D eigenvalue weighted by atomic mass is 32.1. The summed E-state index contributed by atoms with van der Waals surface area (Å²) in [6.45, 7) is 6.63. The number of carbonyl (C=O) groups excluding carboxylic acids is 1. The first-order chi connectivity index (χ1) is 10.1. The van der Waals surface area contributed by atoms with Gasteiger partial charge in [-0.3, -0.25) is 14.2 Å². The number of ether oxygens (including phenoxy) is 1. The lowest BCUT2D eigenvalue weighted by atomic mass is 10.2. The van der Waals surface area contributed by atoms with E-state index in [-0.39, 0.29) is 11.5 Å². The van der Waals surface area contributed by atoms with Crippen molar-refractivity contribution in [2.75, 3.05) is 26.3 Å². The van der Waals surface area contributed by atoms with Gasteiger partial charge in [0.2, 0.25) is 0 Å². The molecule has 2 aromatic rings. The fourth-order valence-electron chi connectivity index (χ4n) is 2.50. The summed E-state index contributed by atoms with van der Waals surface area (Å²) in [6.07, 6.45) is 1.55. The summed E-state index contributed by atoms with van der Waals surface area (Å²) in [4.78, 5) is 32.3. The Kier molecular flexibility index (Phi) is 3.77. The zero-order chi connectivity index (χ0) is 15.0. The molecule has 0 radical (unpaired) electrons. The van der Waals surface area contributed by atoms with Gasteiger partial charge in [0.15, 0.2) is 0 Å². The number of aromatic nitrogens is 2. The smallest absolute Gasteiger partial charge is 0.264 e. The molecule has 0 bridgehead atoms. The molecule has 2 aromatic heterocycles. The Bertz CT molecular complexity index is 744. The minimum Gasteiger partial charge on any atom is -0.378 e. The van der Waals surface area contributed by atoms with Crippen molar-refractivity contribution < 1.29 is 9.53 Å². The summed E-state index contributed by atoms with van der Waals surface area (Å²) in [5, 5.41) is 0.570. The fourth-order valence-corrected chi connectivity index (χ4v) is 3.61. The van der Waals surface area contributed by atoms with Crippen LogP contribution in [0.5, 0.6) is 0 Å². The molecule has 112 valence electrons. The molecular weight excluding hydrogens is 290 g/mol. The maximum absolute atomic E-state index is 12.6. The predicted molar refractivity (Wildman–Crippen MR) is 81.0 cm³/mol. The molecule has 0 spiro atoms. The molecule has 0 saturated carbocycles. The molecule has 1 fully saturated rings. The molecule has 6 nitrogen and oxygen atoms in total. The monoisotopic (exact) mass is 307 g/mol. The van der Waals surface area contributed by atoms with E-state index in [4.69, 9.17) is 4.74 Å². The third-order valence-electron chi connectivity index (χ3n) is 3.75. The molecule has 1 amide bonds. The summed E-state index contributed by atoms with van der Waals surface area (Å²) in [7, 11) is 0. The second-order valence-corrected chi connectivity index (χ2v) is 5.98. The summed E-state index contributed by atoms with van der Waals surface area (Å²) in [5.41, 5.74) is 0.670. The van der Waals surface area contributed by atoms with Gasteiger partial charge < -0.3 is 9.64 Å². The van der Waals surface area contributed by atoms with Crippen molar-refractivity contribution >= 4 is 27.5 Å². The van der Waals surface area contributed by atoms with E-state index in [1.54, 1.807) is 15.8 Å². The van der Waals surface area contributed by atoms with Gasteiger partial charge in [0.05, 0.1) is 29.8 Å². The topological polar surface area (TPSA) is 64.4 Å². The van der Waals surface area contributed by atoms with Gasteiger partial charge in [-0.2, -0.15) is 0 Å². The van der Waals surface area contributed by atoms with Gasteiger partial charge in [-0.15, -0.1) is 11.3 Å². The number of morpholine rings is 1. The van der Waals surface area contributed by atoms with Crippen LogP contribution in [0.25, 0.3) is 10.2 Å². The van der Waals surface area contributed by atoms with Crippen molar-refractivity contribution in [3.05, 3.63) is 27.1 Å². The molecule has 3 rings (SSSR count). The first-order valence-corrected chi connectivity index (χ1v) is 7.80. The number of carbonyl (C=O) groups is 1. The quantitative estimate of drug-likeness (QED) is 0.838. The number of hydrogen-bond acceptors (Lipinski definition) is 5. The highest BCUT2D eigenvalue weighted by Crippen LogP contribution is 2.28. The van der Waals surface area contributed by atoms with Crippen LogP contribution in [-0.4, -0.2) is 46.7 Å². The van der Waals surface area contributed by atoms with Crippen molar-refractivity contribution in [1.29, 1.82) is 0 Å². The van der Waals surface area contributed by atoms with Crippen LogP contribution in [0.15, 0.2) is 11.1 Å². The summed E-state index contributed by atoms with van der Waals surface area (Å²) in [6, 6.07) is 0. The van der Waals surface area contributed by atoms with Gasteiger partial charge in [-0.25, -0.2) is 4.98 Å². The molecule has 1 aliphatic rings. The van der Waals surface area contributed by atoms with Gasteiger partial charge in [-0.05, 0) is 19.4 Å². The Morgan fingerprint density at radius 2 is 2.14 bits per heavy atom. The minimum atomic E-state index is -0.0720. The average molecular weight is 307 g/mol. The normalized spacial score (nSPS) is 15.6. The Morgan fingerprint density at radius 3 is 2.81 bits per heavy atom. The van der Waals surface area contributed by atoms with E-state index >= 15 is 0 Å². The van der Waals surface area contributed by atoms with Gasteiger partial charge in [0, 0.05) is 19.6 Å². The molecule has 1 saturated heterocycles. The lowest BCUT2D eigenvalue weighted by Gasteiger charge is -2.26. The van der Waals surface area contributed by atoms with Crippen LogP contribution in [0.4, 0.5) is 0 Å². The zero-order valence-corrected chi connectivity index (χ0v) is 12.9. The molecule has 0 aliphatic carbocycles. The van der Waals surface area contributed by atoms with Crippen LogP contribution in [-0.2, 0) is 11.3 Å². The van der Waals surface area contributed by atoms with Gasteiger partial charge in [0.1, 0.15) is 4.83 Å². The van der Waals surface area contributed by atoms with Crippen LogP contribution in [0.1, 0.15) is 22.2 Å². The molecule has 0 unspecified atom stereocenters. The minimum absolute atomic E-state index is 0.0266. The fraction of sp³-hybridized carbons (Fsp3) is 0.500. The Morgan fingerprint density at radius 1 is 1.43 bits per heavy atom. The van der Waals surface area contributed by atoms with Gasteiger partial charge in [0.25, 0.3) is 11.5 Å². The zero-order valence-electron chi connectivity index (χ0n) is 12.1. The molecule has 21 heavy (non-hydrogen) atoms. The second kappa shape index (κ2) is 5.57. The van der Waals surface area contributed by atoms with Crippen LogP contribution in [0.2, 0.25) is 0 Å². The third kappa shape index (κ3) is 2.36. The first-order valence-electron chi connectivity index (χ1n) is 6.99. The van der Waals surface area contributed by atoms with Gasteiger partial charge >= 0.3 is 0 Å². The highest BCUT2D eigenvalue weighted by Gasteiger charge is 2.24. The molecule has 1 aliphatic heterocycles. The van der Waals surface area contributed by atoms with E-state index in [0.29, 0.717) is 47.9 Å². The molecule has 3 heterocycles. The van der Waals surface area contributed by atoms with E-state index in [1.807, 2.05) is 13.8 Å². The Hall–Kier alpha value is -1.73. The lowest BCUT2D eigenvalue weighted by molar-refractivity contribution is 0.0306. The van der Waals surface area contributed by atoms with E-state index in [9.17, 15) is 9.59 Å². The molecule has 0 aromatic carbocycles. The molecular formula is C14H17N3O3S. The number of nitrogens with zero attached hydrogens (tertiary/aromatic N) is 3. The molecule has 0 atom stereocenters. The number of amides is 1. The van der Waals surface area contributed by atoms with Crippen LogP contribution >= 0.6 is 11.3 Å². The van der Waals surface area contributed by atoms with Crippen LogP contribution < -0.4 is 5.56 Å². The summed E-state index contributed by atoms with van der Waals surface area (Å²) in [5.74, 6) is -0.0266. The van der Waals surface area contributed by atoms with Gasteiger partial charge in [-0.1, -0.05) is 0 Å². The number of thiophene rings is 1. The third-order valence-corrected chi connectivity index (χ3v) is 4.94. The van der Waals surface area contributed by atoms with Crippen molar-refractivity contribution in [3.63, 3.8) is 0 Å². The Labute approximate surface area is 126 Å². The van der Waals surface area contributed by atoms with Crippen LogP contribution in [0, 0.1) is 6.92 Å². The number of aryl methyl sites for hydroxylation is 2. The highest BCUT2D eigenvalue weighted by molar-refractivity contribution is 7.20. The number of fused-ring (bicyclic) bond motifs is 1. The predicted octanol–water partition coefficient (Wildman–Crippen LogP) is 1.26. The maximum Gasteiger partial charge on any atom is 0.264 e. The molecule has 7 heteroatoms. The van der Waals surface area contributed by atoms with E-state index in [0.717, 1.165) is 5.56 Å². The van der Waals surface area contributed by atoms with Crippen molar-refractivity contribution in [3.8, 4) is 0 Å². The second-order valence-electron chi connectivity index (χ2n) is 4.98. The number of rotatable bonds is 2. The van der Waals surface area contributed by atoms with Crippen molar-refractivity contribution in [1.82, 2.24) is 14.5 Å². The van der Waals surface area contributed by atoms with E-state index in [2.05, 4.69) is 4.98 Å². The van der Waals surface area contributed by atoms with Crippen molar-refractivity contribution in [2.24, 2.45) is 0 Å². The van der Waals surface area contributed by atoms with Crippen LogP contribution in [0.3, 0.4) is 0 Å². The van der Waals surface area contributed by atoms with Crippen molar-refractivity contribution in [2.45, 2.75) is 20.4 Å². The Balaban J connectivity index is 2.07. The lowest BCUT2D eigenvalue weighted by Crippen LogP contribution is -2.40. The molecule has 0 N–H and O–H groups in total. The SMILES string of the molecule is CCn1cnc2sc(C(=O)N3CCOCC3)c(C)c2c1=O. The standard InChI is InChI=1S/C14H17N3O3S/c1-3-16-8-15-12-10(13(16)18)9(2)11(21-12)14(19)17-4-6-20-7-5-17/h8H,3-7H2,1-2H3.